The number of carbonyl (C=O) groups excluding carboxylic acids is 1. The van der Waals surface area contributed by atoms with E-state index in [9.17, 15) is 4.79 Å². The van der Waals surface area contributed by atoms with Crippen molar-refractivity contribution in [2.75, 3.05) is 27.4 Å². The second-order valence-electron chi connectivity index (χ2n) is 5.57. The molecule has 2 heterocycles. The lowest BCUT2D eigenvalue weighted by molar-refractivity contribution is 0.0567. The lowest BCUT2D eigenvalue weighted by Crippen LogP contribution is -2.36. The molecule has 0 bridgehead atoms. The first-order valence-electron chi connectivity index (χ1n) is 7.71. The van der Waals surface area contributed by atoms with Crippen LogP contribution in [0.4, 0.5) is 0 Å². The van der Waals surface area contributed by atoms with Crippen LogP contribution < -0.4 is 10.1 Å². The molecule has 1 aliphatic heterocycles. The second-order valence-corrected chi connectivity index (χ2v) is 5.57. The molecule has 6 nitrogen and oxygen atoms in total. The largest absolute Gasteiger partial charge is 0.493 e. The van der Waals surface area contributed by atoms with Gasteiger partial charge in [0.25, 0.3) is 0 Å². The molecule has 124 valence electrons. The van der Waals surface area contributed by atoms with Crippen LogP contribution in [0.1, 0.15) is 29.0 Å². The first-order valence-corrected chi connectivity index (χ1v) is 7.71. The van der Waals surface area contributed by atoms with Crippen LogP contribution in [-0.2, 0) is 16.0 Å². The molecule has 1 atom stereocenters. The van der Waals surface area contributed by atoms with Crippen molar-refractivity contribution in [3.05, 3.63) is 29.5 Å². The lowest BCUT2D eigenvalue weighted by Gasteiger charge is -2.23. The maximum Gasteiger partial charge on any atom is 0.373 e. The molecule has 0 radical (unpaired) electrons. The van der Waals surface area contributed by atoms with Crippen LogP contribution in [0.15, 0.2) is 22.6 Å². The molecule has 3 rings (SSSR count). The van der Waals surface area contributed by atoms with E-state index in [1.54, 1.807) is 13.2 Å². The molecule has 0 amide bonds. The summed E-state index contributed by atoms with van der Waals surface area (Å²) in [5.74, 6) is 0.275. The Morgan fingerprint density at radius 3 is 2.96 bits per heavy atom. The fourth-order valence-electron chi connectivity index (χ4n) is 2.83. The van der Waals surface area contributed by atoms with E-state index in [2.05, 4.69) is 5.32 Å². The molecule has 0 saturated carbocycles. The van der Waals surface area contributed by atoms with Gasteiger partial charge in [0.05, 0.1) is 20.8 Å². The fraction of sp³-hybridized carbons (Fsp3) is 0.471. The Balaban J connectivity index is 1.87. The van der Waals surface area contributed by atoms with E-state index in [0.29, 0.717) is 23.9 Å². The maximum absolute atomic E-state index is 11.7. The summed E-state index contributed by atoms with van der Waals surface area (Å²) in [7, 11) is 2.91. The summed E-state index contributed by atoms with van der Waals surface area (Å²) in [5.41, 5.74) is 1.61. The molecule has 1 aromatic carbocycles. The third kappa shape index (κ3) is 3.33. The summed E-state index contributed by atoms with van der Waals surface area (Å²) in [5, 5.41) is 4.35. The van der Waals surface area contributed by atoms with Crippen molar-refractivity contribution >= 4 is 16.9 Å². The minimum atomic E-state index is -0.497. The third-order valence-electron chi connectivity index (χ3n) is 4.09. The van der Waals surface area contributed by atoms with Gasteiger partial charge in [-0.3, -0.25) is 0 Å². The third-order valence-corrected chi connectivity index (χ3v) is 4.09. The predicted molar refractivity (Wildman–Crippen MR) is 84.8 cm³/mol. The van der Waals surface area contributed by atoms with Crippen LogP contribution in [-0.4, -0.2) is 39.4 Å². The fourth-order valence-corrected chi connectivity index (χ4v) is 2.83. The summed E-state index contributed by atoms with van der Waals surface area (Å²) >= 11 is 0. The molecular weight excluding hydrogens is 298 g/mol. The quantitative estimate of drug-likeness (QED) is 0.854. The van der Waals surface area contributed by atoms with E-state index < -0.39 is 5.97 Å². The van der Waals surface area contributed by atoms with Crippen LogP contribution in [0, 0.1) is 0 Å². The number of hydrogen-bond acceptors (Lipinski definition) is 6. The first kappa shape index (κ1) is 15.8. The van der Waals surface area contributed by atoms with Gasteiger partial charge in [-0.25, -0.2) is 4.79 Å². The molecule has 2 aromatic rings. The van der Waals surface area contributed by atoms with Crippen LogP contribution in [0.2, 0.25) is 0 Å². The summed E-state index contributed by atoms with van der Waals surface area (Å²) in [6.07, 6.45) is 2.19. The Morgan fingerprint density at radius 2 is 2.26 bits per heavy atom. The highest BCUT2D eigenvalue weighted by molar-refractivity contribution is 5.95. The molecule has 23 heavy (non-hydrogen) atoms. The van der Waals surface area contributed by atoms with Gasteiger partial charge >= 0.3 is 5.97 Å². The molecule has 1 aliphatic rings. The monoisotopic (exact) mass is 319 g/mol. The summed E-state index contributed by atoms with van der Waals surface area (Å²) in [6.45, 7) is 2.25. The maximum atomic E-state index is 11.7. The molecule has 1 unspecified atom stereocenters. The highest BCUT2D eigenvalue weighted by Gasteiger charge is 2.19. The average molecular weight is 319 g/mol. The van der Waals surface area contributed by atoms with Gasteiger partial charge in [-0.2, -0.15) is 0 Å². The Hall–Kier alpha value is -2.05. The van der Waals surface area contributed by atoms with Crippen LogP contribution >= 0.6 is 0 Å². The van der Waals surface area contributed by atoms with Gasteiger partial charge < -0.3 is 23.9 Å². The molecule has 0 aliphatic carbocycles. The van der Waals surface area contributed by atoms with E-state index >= 15 is 0 Å². The van der Waals surface area contributed by atoms with Crippen molar-refractivity contribution < 1.29 is 23.4 Å². The number of carbonyl (C=O) groups is 1. The van der Waals surface area contributed by atoms with Gasteiger partial charge in [-0.1, -0.05) is 6.07 Å². The number of methoxy groups -OCH3 is 2. The van der Waals surface area contributed by atoms with Crippen molar-refractivity contribution in [2.45, 2.75) is 25.4 Å². The van der Waals surface area contributed by atoms with E-state index in [1.807, 2.05) is 12.1 Å². The lowest BCUT2D eigenvalue weighted by atomic mass is 10.1. The zero-order valence-electron chi connectivity index (χ0n) is 13.4. The van der Waals surface area contributed by atoms with Crippen LogP contribution in [0.25, 0.3) is 11.0 Å². The van der Waals surface area contributed by atoms with E-state index in [4.69, 9.17) is 18.6 Å². The Labute approximate surface area is 134 Å². The van der Waals surface area contributed by atoms with Crippen molar-refractivity contribution in [3.8, 4) is 5.75 Å². The number of nitrogens with one attached hydrogen (secondary N) is 1. The van der Waals surface area contributed by atoms with E-state index in [-0.39, 0.29) is 5.76 Å². The van der Waals surface area contributed by atoms with Crippen molar-refractivity contribution in [3.63, 3.8) is 0 Å². The number of esters is 1. The van der Waals surface area contributed by atoms with Crippen molar-refractivity contribution in [1.29, 1.82) is 0 Å². The van der Waals surface area contributed by atoms with Gasteiger partial charge in [0.15, 0.2) is 11.3 Å². The Morgan fingerprint density at radius 1 is 1.39 bits per heavy atom. The number of ether oxygens (including phenoxy) is 3. The highest BCUT2D eigenvalue weighted by atomic mass is 16.5. The normalized spacial score (nSPS) is 18.1. The first-order chi connectivity index (χ1) is 11.2. The smallest absolute Gasteiger partial charge is 0.373 e. The van der Waals surface area contributed by atoms with Crippen molar-refractivity contribution in [1.82, 2.24) is 5.32 Å². The highest BCUT2D eigenvalue weighted by Crippen LogP contribution is 2.32. The molecule has 1 fully saturated rings. The van der Waals surface area contributed by atoms with Crippen LogP contribution in [0.3, 0.4) is 0 Å². The molecular formula is C17H21NO5. The second kappa shape index (κ2) is 7.02. The van der Waals surface area contributed by atoms with Gasteiger partial charge in [0.2, 0.25) is 5.76 Å². The van der Waals surface area contributed by atoms with Gasteiger partial charge in [0, 0.05) is 24.6 Å². The van der Waals surface area contributed by atoms with Gasteiger partial charge in [-0.15, -0.1) is 0 Å². The van der Waals surface area contributed by atoms with E-state index in [1.165, 1.54) is 7.11 Å². The average Bonchev–Trinajstić information content (AvgIpc) is 3.05. The predicted octanol–water partition coefficient (Wildman–Crippen LogP) is 2.50. The summed E-state index contributed by atoms with van der Waals surface area (Å²) in [6, 6.07) is 5.89. The Bertz CT molecular complexity index is 688. The summed E-state index contributed by atoms with van der Waals surface area (Å²) < 4.78 is 21.2. The van der Waals surface area contributed by atoms with Crippen LogP contribution in [0.5, 0.6) is 5.75 Å². The summed E-state index contributed by atoms with van der Waals surface area (Å²) in [4.78, 5) is 11.7. The molecule has 1 aromatic heterocycles. The zero-order valence-corrected chi connectivity index (χ0v) is 13.4. The topological polar surface area (TPSA) is 69.9 Å². The van der Waals surface area contributed by atoms with Gasteiger partial charge in [-0.05, 0) is 30.5 Å². The number of fused-ring (bicyclic) bond motifs is 1. The SMILES string of the molecule is COC(=O)c1cc2c(CNC3CCCOC3)ccc(OC)c2o1. The Kier molecular flexibility index (Phi) is 4.83. The molecule has 1 saturated heterocycles. The standard InChI is InChI=1S/C17H21NO5/c1-20-14-6-5-11(9-18-12-4-3-7-22-10-12)13-8-15(17(19)21-2)23-16(13)14/h5-6,8,12,18H,3-4,7,9-10H2,1-2H3. The zero-order chi connectivity index (χ0) is 16.2. The minimum Gasteiger partial charge on any atom is -0.493 e. The molecule has 1 N–H and O–H groups in total. The van der Waals surface area contributed by atoms with Gasteiger partial charge in [0.1, 0.15) is 0 Å². The molecule has 6 heteroatoms. The molecule has 0 spiro atoms. The van der Waals surface area contributed by atoms with Crippen molar-refractivity contribution in [2.24, 2.45) is 0 Å². The number of hydrogen-bond donors (Lipinski definition) is 1. The number of furan rings is 1. The van der Waals surface area contributed by atoms with E-state index in [0.717, 1.165) is 37.0 Å². The minimum absolute atomic E-state index is 0.175. The number of rotatable bonds is 5. The number of benzene rings is 1.